The molecule has 1 atom stereocenters. The van der Waals surface area contributed by atoms with E-state index in [2.05, 4.69) is 6.07 Å². The van der Waals surface area contributed by atoms with E-state index in [0.717, 1.165) is 33.7 Å². The molecular formula is C28H29NO5. The van der Waals surface area contributed by atoms with E-state index in [0.29, 0.717) is 37.7 Å². The standard InChI is InChI=1S/C28H29NO5/c1-4-33-28(30)24-17-29-25(23-16-27(32-3)26(31-2)15-22(23)24)14-20-11-8-12-21(13-20)34-18-19-9-6-5-7-10-19/h5-13,15-16,24H,4,14,17-18H2,1-3H3. The van der Waals surface area contributed by atoms with Crippen LogP contribution in [-0.4, -0.2) is 39.1 Å². The van der Waals surface area contributed by atoms with Gasteiger partial charge in [0.15, 0.2) is 11.5 Å². The van der Waals surface area contributed by atoms with E-state index in [1.165, 1.54) is 0 Å². The molecule has 1 heterocycles. The normalized spacial score (nSPS) is 14.6. The minimum absolute atomic E-state index is 0.282. The molecule has 4 rings (SSSR count). The Morgan fingerprint density at radius 2 is 1.68 bits per heavy atom. The Hall–Kier alpha value is -3.80. The van der Waals surface area contributed by atoms with Crippen molar-refractivity contribution in [3.8, 4) is 17.2 Å². The topological polar surface area (TPSA) is 66.4 Å². The van der Waals surface area contributed by atoms with Crippen molar-refractivity contribution in [1.29, 1.82) is 0 Å². The van der Waals surface area contributed by atoms with Crippen LogP contribution in [0.15, 0.2) is 71.7 Å². The number of hydrogen-bond acceptors (Lipinski definition) is 6. The van der Waals surface area contributed by atoms with Crippen molar-refractivity contribution in [2.75, 3.05) is 27.4 Å². The first-order valence-corrected chi connectivity index (χ1v) is 11.3. The molecule has 0 spiro atoms. The number of carbonyl (C=O) groups excluding carboxylic acids is 1. The zero-order valence-electron chi connectivity index (χ0n) is 19.7. The molecule has 0 aromatic heterocycles. The van der Waals surface area contributed by atoms with Crippen LogP contribution in [0.5, 0.6) is 17.2 Å². The Morgan fingerprint density at radius 1 is 0.941 bits per heavy atom. The molecule has 3 aromatic carbocycles. The summed E-state index contributed by atoms with van der Waals surface area (Å²) >= 11 is 0. The lowest BCUT2D eigenvalue weighted by Gasteiger charge is -2.25. The van der Waals surface area contributed by atoms with Gasteiger partial charge in [-0.3, -0.25) is 9.79 Å². The molecule has 0 saturated carbocycles. The Morgan fingerprint density at radius 3 is 2.41 bits per heavy atom. The third-order valence-electron chi connectivity index (χ3n) is 5.80. The number of fused-ring (bicyclic) bond motifs is 1. The number of aliphatic imine (C=N–C) groups is 1. The fourth-order valence-electron chi connectivity index (χ4n) is 4.09. The molecule has 0 aliphatic carbocycles. The van der Waals surface area contributed by atoms with Crippen LogP contribution in [0, 0.1) is 0 Å². The monoisotopic (exact) mass is 459 g/mol. The lowest BCUT2D eigenvalue weighted by Crippen LogP contribution is -2.26. The second kappa shape index (κ2) is 10.9. The van der Waals surface area contributed by atoms with Gasteiger partial charge >= 0.3 is 5.97 Å². The first kappa shape index (κ1) is 23.4. The van der Waals surface area contributed by atoms with E-state index < -0.39 is 5.92 Å². The number of methoxy groups -OCH3 is 2. The predicted octanol–water partition coefficient (Wildman–Crippen LogP) is 4.97. The minimum Gasteiger partial charge on any atom is -0.493 e. The number of nitrogens with zero attached hydrogens (tertiary/aromatic N) is 1. The van der Waals surface area contributed by atoms with Crippen LogP contribution in [0.2, 0.25) is 0 Å². The maximum Gasteiger partial charge on any atom is 0.315 e. The molecule has 1 unspecified atom stereocenters. The maximum absolute atomic E-state index is 12.6. The van der Waals surface area contributed by atoms with Crippen molar-refractivity contribution in [3.63, 3.8) is 0 Å². The molecule has 1 aliphatic rings. The summed E-state index contributed by atoms with van der Waals surface area (Å²) in [5.41, 5.74) is 4.79. The Balaban J connectivity index is 1.60. The van der Waals surface area contributed by atoms with Gasteiger partial charge in [-0.25, -0.2) is 0 Å². The average molecular weight is 460 g/mol. The van der Waals surface area contributed by atoms with E-state index in [1.807, 2.05) is 60.7 Å². The van der Waals surface area contributed by atoms with Crippen LogP contribution in [0.4, 0.5) is 0 Å². The molecule has 6 heteroatoms. The van der Waals surface area contributed by atoms with Gasteiger partial charge in [-0.15, -0.1) is 0 Å². The molecule has 0 N–H and O–H groups in total. The van der Waals surface area contributed by atoms with Crippen molar-refractivity contribution < 1.29 is 23.7 Å². The van der Waals surface area contributed by atoms with Crippen LogP contribution in [-0.2, 0) is 22.6 Å². The van der Waals surface area contributed by atoms with Crippen molar-refractivity contribution in [2.45, 2.75) is 25.9 Å². The van der Waals surface area contributed by atoms with Crippen LogP contribution in [0.3, 0.4) is 0 Å². The highest BCUT2D eigenvalue weighted by Gasteiger charge is 2.31. The number of carbonyl (C=O) groups is 1. The highest BCUT2D eigenvalue weighted by molar-refractivity contribution is 6.06. The molecule has 1 aliphatic heterocycles. The zero-order chi connectivity index (χ0) is 23.9. The third kappa shape index (κ3) is 5.22. The van der Waals surface area contributed by atoms with E-state index in [1.54, 1.807) is 21.1 Å². The summed E-state index contributed by atoms with van der Waals surface area (Å²) in [5, 5.41) is 0. The summed E-state index contributed by atoms with van der Waals surface area (Å²) in [6.45, 7) is 2.97. The van der Waals surface area contributed by atoms with Gasteiger partial charge in [-0.05, 0) is 47.9 Å². The van der Waals surface area contributed by atoms with Gasteiger partial charge < -0.3 is 18.9 Å². The molecule has 0 amide bonds. The van der Waals surface area contributed by atoms with Gasteiger partial charge in [0.25, 0.3) is 0 Å². The van der Waals surface area contributed by atoms with Gasteiger partial charge in [0.05, 0.1) is 27.4 Å². The smallest absolute Gasteiger partial charge is 0.315 e. The van der Waals surface area contributed by atoms with Gasteiger partial charge in [0.2, 0.25) is 0 Å². The van der Waals surface area contributed by atoms with Crippen molar-refractivity contribution >= 4 is 11.7 Å². The number of rotatable bonds is 9. The van der Waals surface area contributed by atoms with Gasteiger partial charge in [-0.1, -0.05) is 42.5 Å². The van der Waals surface area contributed by atoms with Crippen molar-refractivity contribution in [3.05, 3.63) is 89.0 Å². The predicted molar refractivity (Wildman–Crippen MR) is 131 cm³/mol. The van der Waals surface area contributed by atoms with Gasteiger partial charge in [0.1, 0.15) is 18.3 Å². The second-order valence-electron chi connectivity index (χ2n) is 7.98. The zero-order valence-corrected chi connectivity index (χ0v) is 19.7. The SMILES string of the molecule is CCOC(=O)C1CN=C(Cc2cccc(OCc3ccccc3)c2)c2cc(OC)c(OC)cc21. The summed E-state index contributed by atoms with van der Waals surface area (Å²) in [6.07, 6.45) is 0.598. The Bertz CT molecular complexity index is 1170. The molecule has 0 bridgehead atoms. The quantitative estimate of drug-likeness (QED) is 0.423. The van der Waals surface area contributed by atoms with Crippen molar-refractivity contribution in [1.82, 2.24) is 0 Å². The van der Waals surface area contributed by atoms with Crippen molar-refractivity contribution in [2.24, 2.45) is 4.99 Å². The molecular weight excluding hydrogens is 430 g/mol. The highest BCUT2D eigenvalue weighted by atomic mass is 16.5. The van der Waals surface area contributed by atoms with E-state index in [9.17, 15) is 4.79 Å². The molecule has 0 radical (unpaired) electrons. The second-order valence-corrected chi connectivity index (χ2v) is 7.98. The van der Waals surface area contributed by atoms with Gasteiger partial charge in [0, 0.05) is 17.7 Å². The molecule has 6 nitrogen and oxygen atoms in total. The fraction of sp³-hybridized carbons (Fsp3) is 0.286. The van der Waals surface area contributed by atoms with Crippen LogP contribution in [0.1, 0.15) is 35.1 Å². The number of hydrogen-bond donors (Lipinski definition) is 0. The first-order chi connectivity index (χ1) is 16.6. The maximum atomic E-state index is 12.6. The summed E-state index contributed by atoms with van der Waals surface area (Å²) in [4.78, 5) is 17.4. The largest absolute Gasteiger partial charge is 0.493 e. The molecule has 0 saturated heterocycles. The van der Waals surface area contributed by atoms with Crippen LogP contribution in [0.25, 0.3) is 0 Å². The number of benzene rings is 3. The summed E-state index contributed by atoms with van der Waals surface area (Å²) in [6, 6.07) is 21.9. The lowest BCUT2D eigenvalue weighted by atomic mass is 9.86. The van der Waals surface area contributed by atoms with E-state index in [4.69, 9.17) is 23.9 Å². The molecule has 3 aromatic rings. The molecule has 34 heavy (non-hydrogen) atoms. The molecule has 0 fully saturated rings. The lowest BCUT2D eigenvalue weighted by molar-refractivity contribution is -0.144. The molecule has 176 valence electrons. The van der Waals surface area contributed by atoms with Gasteiger partial charge in [-0.2, -0.15) is 0 Å². The Kier molecular flexibility index (Phi) is 7.48. The average Bonchev–Trinajstić information content (AvgIpc) is 2.87. The number of ether oxygens (including phenoxy) is 4. The summed E-state index contributed by atoms with van der Waals surface area (Å²) in [5.74, 6) is 1.22. The van der Waals surface area contributed by atoms with Crippen LogP contribution < -0.4 is 14.2 Å². The minimum atomic E-state index is -0.473. The summed E-state index contributed by atoms with van der Waals surface area (Å²) < 4.78 is 22.3. The summed E-state index contributed by atoms with van der Waals surface area (Å²) in [7, 11) is 3.18. The van der Waals surface area contributed by atoms with E-state index in [-0.39, 0.29) is 5.97 Å². The highest BCUT2D eigenvalue weighted by Crippen LogP contribution is 2.37. The number of esters is 1. The van der Waals surface area contributed by atoms with E-state index >= 15 is 0 Å². The first-order valence-electron chi connectivity index (χ1n) is 11.3. The third-order valence-corrected chi connectivity index (χ3v) is 5.80. The van der Waals surface area contributed by atoms with Crippen LogP contribution >= 0.6 is 0 Å². The Labute approximate surface area is 200 Å². The fourth-order valence-corrected chi connectivity index (χ4v) is 4.09.